The molecule has 3 unspecified atom stereocenters. The topological polar surface area (TPSA) is 90.2 Å². The largest absolute Gasteiger partial charge is 0.394 e. The van der Waals surface area contributed by atoms with E-state index in [1.54, 1.807) is 0 Å². The van der Waals surface area contributed by atoms with E-state index < -0.39 is 24.4 Å². The lowest BCUT2D eigenvalue weighted by atomic mass is 9.87. The third-order valence-corrected chi connectivity index (χ3v) is 5.65. The Balaban J connectivity index is 4.10. The first-order valence-corrected chi connectivity index (χ1v) is 11.8. The SMILES string of the molecule is CCCCCCCCCOC(CO)C(O)C(O)(CO)CCCCCCCCC. The van der Waals surface area contributed by atoms with Gasteiger partial charge in [-0.2, -0.15) is 0 Å². The van der Waals surface area contributed by atoms with Crippen LogP contribution in [0.25, 0.3) is 0 Å². The molecule has 0 saturated heterocycles. The summed E-state index contributed by atoms with van der Waals surface area (Å²) < 4.78 is 5.63. The highest BCUT2D eigenvalue weighted by molar-refractivity contribution is 4.91. The Kier molecular flexibility index (Phi) is 18.7. The average molecular weight is 405 g/mol. The molecule has 0 aliphatic rings. The van der Waals surface area contributed by atoms with Crippen LogP contribution < -0.4 is 0 Å². The van der Waals surface area contributed by atoms with Crippen molar-refractivity contribution in [2.45, 2.75) is 128 Å². The number of unbranched alkanes of at least 4 members (excludes halogenated alkanes) is 12. The van der Waals surface area contributed by atoms with Crippen LogP contribution in [0.4, 0.5) is 0 Å². The van der Waals surface area contributed by atoms with Gasteiger partial charge in [-0.25, -0.2) is 0 Å². The van der Waals surface area contributed by atoms with E-state index in [0.717, 1.165) is 32.1 Å². The maximum atomic E-state index is 10.7. The van der Waals surface area contributed by atoms with Crippen LogP contribution in [-0.4, -0.2) is 58.1 Å². The van der Waals surface area contributed by atoms with E-state index >= 15 is 0 Å². The van der Waals surface area contributed by atoms with Crippen LogP contribution in [-0.2, 0) is 4.74 Å². The maximum absolute atomic E-state index is 10.7. The van der Waals surface area contributed by atoms with Crippen LogP contribution in [0, 0.1) is 0 Å². The fourth-order valence-electron chi connectivity index (χ4n) is 3.59. The van der Waals surface area contributed by atoms with Crippen LogP contribution in [0.3, 0.4) is 0 Å². The smallest absolute Gasteiger partial charge is 0.116 e. The molecule has 0 rings (SSSR count). The van der Waals surface area contributed by atoms with E-state index in [9.17, 15) is 20.4 Å². The van der Waals surface area contributed by atoms with E-state index in [4.69, 9.17) is 4.74 Å². The zero-order valence-corrected chi connectivity index (χ0v) is 18.6. The van der Waals surface area contributed by atoms with Crippen molar-refractivity contribution in [2.75, 3.05) is 19.8 Å². The molecule has 0 saturated carbocycles. The predicted octanol–water partition coefficient (Wildman–Crippen LogP) is 4.34. The Morgan fingerprint density at radius 2 is 1.18 bits per heavy atom. The summed E-state index contributed by atoms with van der Waals surface area (Å²) in [6.45, 7) is 3.96. The van der Waals surface area contributed by atoms with Gasteiger partial charge in [-0.1, -0.05) is 97.3 Å². The number of rotatable bonds is 21. The molecule has 4 N–H and O–H groups in total. The van der Waals surface area contributed by atoms with Gasteiger partial charge in [0.2, 0.25) is 0 Å². The summed E-state index contributed by atoms with van der Waals surface area (Å²) in [5.74, 6) is 0. The summed E-state index contributed by atoms with van der Waals surface area (Å²) in [5, 5.41) is 40.4. The summed E-state index contributed by atoms with van der Waals surface area (Å²) in [7, 11) is 0. The summed E-state index contributed by atoms with van der Waals surface area (Å²) >= 11 is 0. The van der Waals surface area contributed by atoms with Gasteiger partial charge in [0, 0.05) is 6.61 Å². The van der Waals surface area contributed by atoms with Crippen LogP contribution in [0.15, 0.2) is 0 Å². The lowest BCUT2D eigenvalue weighted by molar-refractivity contribution is -0.172. The van der Waals surface area contributed by atoms with E-state index in [-0.39, 0.29) is 6.61 Å². The Morgan fingerprint density at radius 3 is 1.64 bits per heavy atom. The first-order chi connectivity index (χ1) is 13.6. The number of hydrogen-bond acceptors (Lipinski definition) is 5. The van der Waals surface area contributed by atoms with Crippen molar-refractivity contribution in [1.29, 1.82) is 0 Å². The van der Waals surface area contributed by atoms with Crippen molar-refractivity contribution in [3.8, 4) is 0 Å². The Morgan fingerprint density at radius 1 is 0.714 bits per heavy atom. The minimum Gasteiger partial charge on any atom is -0.394 e. The first-order valence-electron chi connectivity index (χ1n) is 11.8. The lowest BCUT2D eigenvalue weighted by Gasteiger charge is -2.35. The first kappa shape index (κ1) is 27.8. The van der Waals surface area contributed by atoms with Gasteiger partial charge < -0.3 is 25.2 Å². The Labute approximate surface area is 173 Å². The maximum Gasteiger partial charge on any atom is 0.116 e. The molecule has 5 nitrogen and oxygen atoms in total. The van der Waals surface area contributed by atoms with Crippen LogP contribution >= 0.6 is 0 Å². The number of hydrogen-bond donors (Lipinski definition) is 4. The quantitative estimate of drug-likeness (QED) is 0.214. The van der Waals surface area contributed by atoms with E-state index in [0.29, 0.717) is 13.0 Å². The normalized spacial score (nSPS) is 16.1. The second-order valence-corrected chi connectivity index (χ2v) is 8.29. The number of aliphatic hydroxyl groups is 4. The highest BCUT2D eigenvalue weighted by Crippen LogP contribution is 2.23. The monoisotopic (exact) mass is 404 g/mol. The van der Waals surface area contributed by atoms with Crippen LogP contribution in [0.1, 0.15) is 110 Å². The molecule has 0 aliphatic carbocycles. The number of ether oxygens (including phenoxy) is 1. The summed E-state index contributed by atoms with van der Waals surface area (Å²) in [6.07, 6.45) is 14.1. The molecule has 0 aromatic rings. The van der Waals surface area contributed by atoms with Crippen molar-refractivity contribution in [1.82, 2.24) is 0 Å². The van der Waals surface area contributed by atoms with Crippen LogP contribution in [0.5, 0.6) is 0 Å². The van der Waals surface area contributed by atoms with Gasteiger partial charge in [-0.15, -0.1) is 0 Å². The standard InChI is InChI=1S/C23H48O5/c1-3-5-7-9-11-13-15-17-23(27,20-25)22(26)21(19-24)28-18-16-14-12-10-8-6-4-2/h21-22,24-27H,3-20H2,1-2H3. The lowest BCUT2D eigenvalue weighted by Crippen LogP contribution is -2.53. The zero-order valence-electron chi connectivity index (χ0n) is 18.6. The van der Waals surface area contributed by atoms with E-state index in [1.807, 2.05) is 0 Å². The minimum atomic E-state index is -1.61. The molecule has 5 heteroatoms. The van der Waals surface area contributed by atoms with Gasteiger partial charge in [0.05, 0.1) is 13.2 Å². The molecular formula is C23H48O5. The van der Waals surface area contributed by atoms with E-state index in [2.05, 4.69) is 13.8 Å². The fourth-order valence-corrected chi connectivity index (χ4v) is 3.59. The molecule has 0 bridgehead atoms. The second kappa shape index (κ2) is 18.8. The molecule has 0 spiro atoms. The molecule has 28 heavy (non-hydrogen) atoms. The molecule has 0 amide bonds. The summed E-state index contributed by atoms with van der Waals surface area (Å²) in [4.78, 5) is 0. The average Bonchev–Trinajstić information content (AvgIpc) is 2.71. The van der Waals surface area contributed by atoms with Crippen molar-refractivity contribution in [3.63, 3.8) is 0 Å². The predicted molar refractivity (Wildman–Crippen MR) is 115 cm³/mol. The highest BCUT2D eigenvalue weighted by Gasteiger charge is 2.40. The summed E-state index contributed by atoms with van der Waals surface area (Å²) in [5.41, 5.74) is -1.61. The molecule has 0 fully saturated rings. The van der Waals surface area contributed by atoms with Crippen molar-refractivity contribution in [2.24, 2.45) is 0 Å². The van der Waals surface area contributed by atoms with Gasteiger partial charge >= 0.3 is 0 Å². The molecule has 0 aromatic carbocycles. The molecule has 3 atom stereocenters. The summed E-state index contributed by atoms with van der Waals surface area (Å²) in [6, 6.07) is 0. The van der Waals surface area contributed by atoms with E-state index in [1.165, 1.54) is 57.8 Å². The second-order valence-electron chi connectivity index (χ2n) is 8.29. The molecular weight excluding hydrogens is 356 g/mol. The zero-order chi connectivity index (χ0) is 21.1. The highest BCUT2D eigenvalue weighted by atomic mass is 16.5. The molecule has 170 valence electrons. The molecule has 0 aromatic heterocycles. The third kappa shape index (κ3) is 13.1. The minimum absolute atomic E-state index is 0.315. The van der Waals surface area contributed by atoms with Crippen molar-refractivity contribution >= 4 is 0 Å². The molecule has 0 heterocycles. The van der Waals surface area contributed by atoms with Gasteiger partial charge in [0.15, 0.2) is 0 Å². The van der Waals surface area contributed by atoms with Crippen molar-refractivity contribution < 1.29 is 25.2 Å². The van der Waals surface area contributed by atoms with Crippen molar-refractivity contribution in [3.05, 3.63) is 0 Å². The molecule has 0 radical (unpaired) electrons. The van der Waals surface area contributed by atoms with Gasteiger partial charge in [0.25, 0.3) is 0 Å². The van der Waals surface area contributed by atoms with Crippen LogP contribution in [0.2, 0.25) is 0 Å². The third-order valence-electron chi connectivity index (χ3n) is 5.65. The Bertz CT molecular complexity index is 326. The molecule has 0 aliphatic heterocycles. The van der Waals surface area contributed by atoms with Gasteiger partial charge in [0.1, 0.15) is 17.8 Å². The van der Waals surface area contributed by atoms with Gasteiger partial charge in [-0.3, -0.25) is 0 Å². The Hall–Kier alpha value is -0.200. The fraction of sp³-hybridized carbons (Fsp3) is 1.00. The number of aliphatic hydroxyl groups excluding tert-OH is 3. The van der Waals surface area contributed by atoms with Gasteiger partial charge in [-0.05, 0) is 12.8 Å².